The molecule has 0 aliphatic heterocycles. The van der Waals surface area contributed by atoms with E-state index in [1.54, 1.807) is 0 Å². The van der Waals surface area contributed by atoms with Gasteiger partial charge >= 0.3 is 0 Å². The van der Waals surface area contributed by atoms with Crippen molar-refractivity contribution >= 4 is 28.9 Å². The summed E-state index contributed by atoms with van der Waals surface area (Å²) >= 11 is 5.68. The molecule has 5 nitrogen and oxygen atoms in total. The summed E-state index contributed by atoms with van der Waals surface area (Å²) in [5, 5.41) is 5.40. The molecule has 0 aromatic heterocycles. The van der Waals surface area contributed by atoms with E-state index in [1.807, 2.05) is 0 Å². The Bertz CT molecular complexity index is 433. The van der Waals surface area contributed by atoms with Crippen molar-refractivity contribution in [3.05, 3.63) is 33.4 Å². The molecule has 1 N–H and O–H groups in total. The summed E-state index contributed by atoms with van der Waals surface area (Å²) in [6, 6.07) is 2.24. The van der Waals surface area contributed by atoms with E-state index in [4.69, 9.17) is 17.1 Å². The highest BCUT2D eigenvalue weighted by Crippen LogP contribution is 2.30. The van der Waals surface area contributed by atoms with Crippen LogP contribution in [-0.4, -0.2) is 5.91 Å². The topological polar surface area (TPSA) is 77.9 Å². The number of carbonyl (C=O) groups is 1. The van der Waals surface area contributed by atoms with Crippen molar-refractivity contribution in [1.29, 1.82) is 0 Å². The molecule has 1 aromatic carbocycles. The Kier molecular flexibility index (Phi) is 3.49. The fourth-order valence-electron chi connectivity index (χ4n) is 0.965. The molecule has 0 fully saturated rings. The Morgan fingerprint density at radius 3 is 2.80 bits per heavy atom. The highest BCUT2D eigenvalue weighted by atomic mass is 35.5. The molecule has 15 heavy (non-hydrogen) atoms. The van der Waals surface area contributed by atoms with Crippen LogP contribution in [0, 0.1) is 5.82 Å². The van der Waals surface area contributed by atoms with Crippen molar-refractivity contribution in [3.63, 3.8) is 0 Å². The number of nitrogens with one attached hydrogen (secondary N) is 1. The van der Waals surface area contributed by atoms with Crippen LogP contribution in [-0.2, 0) is 4.79 Å². The van der Waals surface area contributed by atoms with Crippen molar-refractivity contribution in [2.45, 2.75) is 6.92 Å². The van der Waals surface area contributed by atoms with Gasteiger partial charge in [-0.05, 0) is 17.7 Å². The molecule has 7 heteroatoms. The minimum absolute atomic E-state index is 0.0207. The lowest BCUT2D eigenvalue weighted by molar-refractivity contribution is -0.114. The van der Waals surface area contributed by atoms with Crippen molar-refractivity contribution in [1.82, 2.24) is 0 Å². The fourth-order valence-corrected chi connectivity index (χ4v) is 1.21. The highest BCUT2D eigenvalue weighted by Gasteiger charge is 2.10. The molecule has 1 rings (SSSR count). The first-order valence-electron chi connectivity index (χ1n) is 3.86. The molecule has 0 aliphatic carbocycles. The quantitative estimate of drug-likeness (QED) is 0.470. The summed E-state index contributed by atoms with van der Waals surface area (Å²) in [7, 11) is 0. The minimum Gasteiger partial charge on any atom is -0.323 e. The number of nitrogens with zero attached hydrogens (tertiary/aromatic N) is 3. The molecule has 0 unspecified atom stereocenters. The number of hydrogen-bond acceptors (Lipinski definition) is 2. The van der Waals surface area contributed by atoms with E-state index in [0.29, 0.717) is 0 Å². The van der Waals surface area contributed by atoms with E-state index in [0.717, 1.165) is 6.07 Å². The Balaban J connectivity index is 3.20. The maximum Gasteiger partial charge on any atom is 0.221 e. The highest BCUT2D eigenvalue weighted by molar-refractivity contribution is 6.34. The summed E-state index contributed by atoms with van der Waals surface area (Å²) in [5.41, 5.74) is 8.07. The van der Waals surface area contributed by atoms with Gasteiger partial charge in [0.25, 0.3) is 0 Å². The summed E-state index contributed by atoms with van der Waals surface area (Å²) in [4.78, 5) is 13.2. The van der Waals surface area contributed by atoms with Crippen LogP contribution < -0.4 is 5.32 Å². The molecule has 0 atom stereocenters. The van der Waals surface area contributed by atoms with Gasteiger partial charge in [-0.15, -0.1) is 0 Å². The monoisotopic (exact) mass is 228 g/mol. The zero-order valence-electron chi connectivity index (χ0n) is 7.66. The first-order chi connectivity index (χ1) is 7.04. The van der Waals surface area contributed by atoms with Gasteiger partial charge < -0.3 is 5.32 Å². The largest absolute Gasteiger partial charge is 0.323 e. The van der Waals surface area contributed by atoms with Crippen molar-refractivity contribution in [2.24, 2.45) is 5.11 Å². The normalized spacial score (nSPS) is 9.27. The van der Waals surface area contributed by atoms with Gasteiger partial charge in [-0.2, -0.15) is 0 Å². The van der Waals surface area contributed by atoms with E-state index in [-0.39, 0.29) is 16.4 Å². The SMILES string of the molecule is CC(=O)Nc1c(F)cc(N=[N+]=[N-])cc1Cl. The smallest absolute Gasteiger partial charge is 0.221 e. The zero-order chi connectivity index (χ0) is 11.4. The number of benzene rings is 1. The summed E-state index contributed by atoms with van der Waals surface area (Å²) in [6.45, 7) is 1.23. The molecule has 0 radical (unpaired) electrons. The summed E-state index contributed by atoms with van der Waals surface area (Å²) < 4.78 is 13.3. The molecule has 0 bridgehead atoms. The van der Waals surface area contributed by atoms with Crippen LogP contribution in [0.15, 0.2) is 17.2 Å². The van der Waals surface area contributed by atoms with Crippen molar-refractivity contribution in [3.8, 4) is 0 Å². The van der Waals surface area contributed by atoms with Gasteiger partial charge in [0.2, 0.25) is 5.91 Å². The zero-order valence-corrected chi connectivity index (χ0v) is 8.42. The molecule has 1 aromatic rings. The molecule has 1 amide bonds. The van der Waals surface area contributed by atoms with Gasteiger partial charge in [0.1, 0.15) is 5.82 Å². The number of halogens is 2. The Hall–Kier alpha value is -1.78. The lowest BCUT2D eigenvalue weighted by atomic mass is 10.2. The maximum absolute atomic E-state index is 13.3. The average Bonchev–Trinajstić information content (AvgIpc) is 2.11. The maximum atomic E-state index is 13.3. The molecular formula is C8H6ClFN4O. The molecule has 0 heterocycles. The fraction of sp³-hybridized carbons (Fsp3) is 0.125. The van der Waals surface area contributed by atoms with Crippen LogP contribution in [0.4, 0.5) is 15.8 Å². The van der Waals surface area contributed by atoms with Gasteiger partial charge in [0.05, 0.1) is 10.7 Å². The number of anilines is 1. The van der Waals surface area contributed by atoms with E-state index in [1.165, 1.54) is 13.0 Å². The van der Waals surface area contributed by atoms with Crippen molar-refractivity contribution in [2.75, 3.05) is 5.32 Å². The predicted octanol–water partition coefficient (Wildman–Crippen LogP) is 3.38. The van der Waals surface area contributed by atoms with Gasteiger partial charge in [-0.25, -0.2) is 4.39 Å². The van der Waals surface area contributed by atoms with Gasteiger partial charge in [0.15, 0.2) is 0 Å². The second kappa shape index (κ2) is 4.63. The Labute approximate surface area is 89.5 Å². The van der Waals surface area contributed by atoms with Crippen LogP contribution in [0.5, 0.6) is 0 Å². The number of carbonyl (C=O) groups excluding carboxylic acids is 1. The number of azide groups is 1. The lowest BCUT2D eigenvalue weighted by Crippen LogP contribution is -2.07. The lowest BCUT2D eigenvalue weighted by Gasteiger charge is -2.06. The van der Waals surface area contributed by atoms with Crippen LogP contribution in [0.25, 0.3) is 10.4 Å². The summed E-state index contributed by atoms with van der Waals surface area (Å²) in [5.74, 6) is -1.19. The molecule has 0 saturated heterocycles. The third-order valence-electron chi connectivity index (χ3n) is 1.49. The molecular weight excluding hydrogens is 223 g/mol. The Morgan fingerprint density at radius 2 is 2.33 bits per heavy atom. The molecule has 78 valence electrons. The Morgan fingerprint density at radius 1 is 1.67 bits per heavy atom. The average molecular weight is 229 g/mol. The molecule has 0 saturated carbocycles. The minimum atomic E-state index is -0.750. The predicted molar refractivity (Wildman–Crippen MR) is 54.5 cm³/mol. The third-order valence-corrected chi connectivity index (χ3v) is 1.79. The van der Waals surface area contributed by atoms with E-state index in [2.05, 4.69) is 15.3 Å². The number of rotatable bonds is 2. The second-order valence-corrected chi connectivity index (χ2v) is 3.06. The van der Waals surface area contributed by atoms with Crippen molar-refractivity contribution < 1.29 is 9.18 Å². The van der Waals surface area contributed by atoms with Crippen LogP contribution in [0.2, 0.25) is 5.02 Å². The third kappa shape index (κ3) is 2.83. The van der Waals surface area contributed by atoms with Crippen LogP contribution in [0.3, 0.4) is 0 Å². The number of hydrogen-bond donors (Lipinski definition) is 1. The van der Waals surface area contributed by atoms with Gasteiger partial charge in [-0.3, -0.25) is 4.79 Å². The van der Waals surface area contributed by atoms with Crippen LogP contribution >= 0.6 is 11.6 Å². The van der Waals surface area contributed by atoms with Gasteiger partial charge in [0, 0.05) is 17.5 Å². The van der Waals surface area contributed by atoms with E-state index >= 15 is 0 Å². The van der Waals surface area contributed by atoms with E-state index in [9.17, 15) is 9.18 Å². The van der Waals surface area contributed by atoms with Gasteiger partial charge in [-0.1, -0.05) is 16.7 Å². The first kappa shape index (κ1) is 11.3. The first-order valence-corrected chi connectivity index (χ1v) is 4.24. The summed E-state index contributed by atoms with van der Waals surface area (Å²) in [6.07, 6.45) is 0. The molecule has 0 aliphatic rings. The standard InChI is InChI=1S/C8H6ClFN4O/c1-4(15)12-8-6(9)2-5(13-14-11)3-7(8)10/h2-3H,1H3,(H,12,15). The number of amides is 1. The second-order valence-electron chi connectivity index (χ2n) is 2.66. The molecule has 0 spiro atoms. The van der Waals surface area contributed by atoms with Crippen LogP contribution in [0.1, 0.15) is 6.92 Å². The van der Waals surface area contributed by atoms with E-state index < -0.39 is 11.7 Å².